The third-order valence-electron chi connectivity index (χ3n) is 2.90. The SMILES string of the molecule is O=c1[nH]c2ccc(NCc3cccc(Br)c3)cc2[nH]1. The van der Waals surface area contributed by atoms with Crippen LogP contribution in [0.25, 0.3) is 11.0 Å². The van der Waals surface area contributed by atoms with Crippen LogP contribution in [0.4, 0.5) is 5.69 Å². The molecule has 2 aromatic carbocycles. The molecule has 0 bridgehead atoms. The van der Waals surface area contributed by atoms with Crippen molar-refractivity contribution < 1.29 is 0 Å². The van der Waals surface area contributed by atoms with E-state index in [-0.39, 0.29) is 5.69 Å². The number of H-pyrrole nitrogens is 2. The Morgan fingerprint density at radius 1 is 1.05 bits per heavy atom. The fraction of sp³-hybridized carbons (Fsp3) is 0.0714. The van der Waals surface area contributed by atoms with Crippen LogP contribution < -0.4 is 11.0 Å². The first-order valence-corrected chi connectivity index (χ1v) is 6.70. The number of hydrogen-bond acceptors (Lipinski definition) is 2. The van der Waals surface area contributed by atoms with Crippen molar-refractivity contribution in [1.29, 1.82) is 0 Å². The molecule has 0 saturated carbocycles. The van der Waals surface area contributed by atoms with Crippen LogP contribution in [-0.4, -0.2) is 9.97 Å². The van der Waals surface area contributed by atoms with Crippen LogP contribution in [0.5, 0.6) is 0 Å². The summed E-state index contributed by atoms with van der Waals surface area (Å²) in [5.41, 5.74) is 3.61. The molecule has 0 amide bonds. The Labute approximate surface area is 118 Å². The number of halogens is 1. The second kappa shape index (κ2) is 4.93. The maximum absolute atomic E-state index is 11.2. The zero-order chi connectivity index (χ0) is 13.2. The standard InChI is InChI=1S/C14H12BrN3O/c15-10-3-1-2-9(6-10)8-16-11-4-5-12-13(7-11)18-14(19)17-12/h1-7,16H,8H2,(H2,17,18,19). The van der Waals surface area contributed by atoms with Gasteiger partial charge < -0.3 is 15.3 Å². The highest BCUT2D eigenvalue weighted by Crippen LogP contribution is 2.17. The van der Waals surface area contributed by atoms with Crippen LogP contribution in [0.3, 0.4) is 0 Å². The first kappa shape index (κ1) is 12.0. The summed E-state index contributed by atoms with van der Waals surface area (Å²) >= 11 is 3.45. The topological polar surface area (TPSA) is 60.7 Å². The minimum atomic E-state index is -0.181. The van der Waals surface area contributed by atoms with Gasteiger partial charge in [0.1, 0.15) is 0 Å². The lowest BCUT2D eigenvalue weighted by atomic mass is 10.2. The predicted molar refractivity (Wildman–Crippen MR) is 80.4 cm³/mol. The van der Waals surface area contributed by atoms with Crippen molar-refractivity contribution in [3.8, 4) is 0 Å². The fourth-order valence-electron chi connectivity index (χ4n) is 1.99. The van der Waals surface area contributed by atoms with Crippen LogP contribution in [0.15, 0.2) is 51.7 Å². The van der Waals surface area contributed by atoms with E-state index < -0.39 is 0 Å². The van der Waals surface area contributed by atoms with Crippen molar-refractivity contribution in [1.82, 2.24) is 9.97 Å². The van der Waals surface area contributed by atoms with Crippen LogP contribution in [0.1, 0.15) is 5.56 Å². The predicted octanol–water partition coefficient (Wildman–Crippen LogP) is 3.23. The van der Waals surface area contributed by atoms with Gasteiger partial charge in [0.05, 0.1) is 11.0 Å². The van der Waals surface area contributed by atoms with Crippen molar-refractivity contribution >= 4 is 32.7 Å². The molecule has 3 rings (SSSR count). The number of aromatic amines is 2. The van der Waals surface area contributed by atoms with Crippen LogP contribution in [-0.2, 0) is 6.54 Å². The van der Waals surface area contributed by atoms with Gasteiger partial charge in [-0.1, -0.05) is 28.1 Å². The fourth-order valence-corrected chi connectivity index (χ4v) is 2.44. The van der Waals surface area contributed by atoms with Gasteiger partial charge in [-0.05, 0) is 35.9 Å². The molecule has 5 heteroatoms. The maximum atomic E-state index is 11.2. The molecule has 0 aliphatic heterocycles. The monoisotopic (exact) mass is 317 g/mol. The van der Waals surface area contributed by atoms with E-state index in [0.29, 0.717) is 0 Å². The van der Waals surface area contributed by atoms with E-state index in [9.17, 15) is 4.79 Å². The molecule has 0 atom stereocenters. The van der Waals surface area contributed by atoms with Crippen molar-refractivity contribution in [2.24, 2.45) is 0 Å². The first-order chi connectivity index (χ1) is 9.20. The molecule has 3 aromatic rings. The summed E-state index contributed by atoms with van der Waals surface area (Å²) in [6.45, 7) is 0.736. The van der Waals surface area contributed by atoms with Gasteiger partial charge in [-0.3, -0.25) is 0 Å². The lowest BCUT2D eigenvalue weighted by Gasteiger charge is -2.06. The summed E-state index contributed by atoms with van der Waals surface area (Å²) in [5.74, 6) is 0. The van der Waals surface area contributed by atoms with Gasteiger partial charge in [0, 0.05) is 16.7 Å². The van der Waals surface area contributed by atoms with E-state index in [1.807, 2.05) is 30.3 Å². The van der Waals surface area contributed by atoms with E-state index in [2.05, 4.69) is 43.3 Å². The van der Waals surface area contributed by atoms with Crippen molar-refractivity contribution in [2.75, 3.05) is 5.32 Å². The summed E-state index contributed by atoms with van der Waals surface area (Å²) in [4.78, 5) is 16.6. The molecule has 0 fully saturated rings. The van der Waals surface area contributed by atoms with Gasteiger partial charge >= 0.3 is 5.69 Å². The Bertz CT molecular complexity index is 775. The summed E-state index contributed by atoms with van der Waals surface area (Å²) < 4.78 is 1.07. The largest absolute Gasteiger partial charge is 0.381 e. The highest BCUT2D eigenvalue weighted by Gasteiger charge is 2.00. The molecule has 1 heterocycles. The molecular weight excluding hydrogens is 306 g/mol. The maximum Gasteiger partial charge on any atom is 0.323 e. The smallest absolute Gasteiger partial charge is 0.323 e. The van der Waals surface area contributed by atoms with Gasteiger partial charge in [-0.25, -0.2) is 4.79 Å². The summed E-state index contributed by atoms with van der Waals surface area (Å²) in [6.07, 6.45) is 0. The van der Waals surface area contributed by atoms with E-state index in [4.69, 9.17) is 0 Å². The third kappa shape index (κ3) is 2.71. The Kier molecular flexibility index (Phi) is 3.13. The number of rotatable bonds is 3. The number of hydrogen-bond donors (Lipinski definition) is 3. The Morgan fingerprint density at radius 2 is 1.89 bits per heavy atom. The van der Waals surface area contributed by atoms with Crippen molar-refractivity contribution in [3.63, 3.8) is 0 Å². The number of anilines is 1. The van der Waals surface area contributed by atoms with E-state index in [1.165, 1.54) is 5.56 Å². The first-order valence-electron chi connectivity index (χ1n) is 5.91. The number of nitrogens with one attached hydrogen (secondary N) is 3. The van der Waals surface area contributed by atoms with Gasteiger partial charge in [0.2, 0.25) is 0 Å². The minimum absolute atomic E-state index is 0.181. The van der Waals surface area contributed by atoms with Gasteiger partial charge in [0.15, 0.2) is 0 Å². The lowest BCUT2D eigenvalue weighted by molar-refractivity contribution is 1.15. The quantitative estimate of drug-likeness (QED) is 0.694. The highest BCUT2D eigenvalue weighted by molar-refractivity contribution is 9.10. The van der Waals surface area contributed by atoms with Gasteiger partial charge in [-0.2, -0.15) is 0 Å². The summed E-state index contributed by atoms with van der Waals surface area (Å²) in [6, 6.07) is 13.9. The van der Waals surface area contributed by atoms with Gasteiger partial charge in [-0.15, -0.1) is 0 Å². The number of fused-ring (bicyclic) bond motifs is 1. The summed E-state index contributed by atoms with van der Waals surface area (Å²) in [5, 5.41) is 3.33. The van der Waals surface area contributed by atoms with Crippen molar-refractivity contribution in [3.05, 3.63) is 63.0 Å². The molecule has 19 heavy (non-hydrogen) atoms. The molecule has 0 aliphatic carbocycles. The zero-order valence-corrected chi connectivity index (χ0v) is 11.6. The molecule has 0 aliphatic rings. The molecular formula is C14H12BrN3O. The molecule has 0 radical (unpaired) electrons. The third-order valence-corrected chi connectivity index (χ3v) is 3.39. The van der Waals surface area contributed by atoms with Crippen LogP contribution >= 0.6 is 15.9 Å². The average Bonchev–Trinajstić information content (AvgIpc) is 2.75. The second-order valence-electron chi connectivity index (χ2n) is 4.32. The van der Waals surface area contributed by atoms with Crippen LogP contribution in [0, 0.1) is 0 Å². The summed E-state index contributed by atoms with van der Waals surface area (Å²) in [7, 11) is 0. The van der Waals surface area contributed by atoms with E-state index >= 15 is 0 Å². The number of imidazole rings is 1. The molecule has 0 spiro atoms. The molecule has 0 saturated heterocycles. The van der Waals surface area contributed by atoms with Gasteiger partial charge in [0.25, 0.3) is 0 Å². The Morgan fingerprint density at radius 3 is 2.74 bits per heavy atom. The molecule has 0 unspecified atom stereocenters. The van der Waals surface area contributed by atoms with Crippen molar-refractivity contribution in [2.45, 2.75) is 6.54 Å². The Balaban J connectivity index is 1.79. The molecule has 96 valence electrons. The zero-order valence-electron chi connectivity index (χ0n) is 10.0. The normalized spacial score (nSPS) is 10.8. The number of aromatic nitrogens is 2. The minimum Gasteiger partial charge on any atom is -0.381 e. The van der Waals surface area contributed by atoms with E-state index in [0.717, 1.165) is 27.7 Å². The second-order valence-corrected chi connectivity index (χ2v) is 5.24. The van der Waals surface area contributed by atoms with E-state index in [1.54, 1.807) is 0 Å². The lowest BCUT2D eigenvalue weighted by Crippen LogP contribution is -1.99. The highest BCUT2D eigenvalue weighted by atomic mass is 79.9. The molecule has 4 nitrogen and oxygen atoms in total. The number of benzene rings is 2. The molecule has 1 aromatic heterocycles. The average molecular weight is 318 g/mol. The Hall–Kier alpha value is -2.01. The van der Waals surface area contributed by atoms with Crippen LogP contribution in [0.2, 0.25) is 0 Å². The molecule has 3 N–H and O–H groups in total.